The number of benzene rings is 2. The summed E-state index contributed by atoms with van der Waals surface area (Å²) in [4.78, 5) is 17.4. The molecule has 2 aromatic carbocycles. The monoisotopic (exact) mass is 459 g/mol. The van der Waals surface area contributed by atoms with Crippen molar-refractivity contribution in [1.82, 2.24) is 10.3 Å². The summed E-state index contributed by atoms with van der Waals surface area (Å²) in [6.07, 6.45) is 0.482. The van der Waals surface area contributed by atoms with E-state index < -0.39 is 15.7 Å². The highest BCUT2D eigenvalue weighted by molar-refractivity contribution is 7.87. The van der Waals surface area contributed by atoms with Crippen LogP contribution in [0.5, 0.6) is 0 Å². The molecule has 0 aliphatic heterocycles. The Hall–Kier alpha value is -2.75. The van der Waals surface area contributed by atoms with E-state index in [9.17, 15) is 13.2 Å². The predicted octanol–water partition coefficient (Wildman–Crippen LogP) is 4.47. The summed E-state index contributed by atoms with van der Waals surface area (Å²) in [5.74, 6) is -0.0846. The Morgan fingerprint density at radius 3 is 2.32 bits per heavy atom. The van der Waals surface area contributed by atoms with E-state index in [2.05, 4.69) is 5.32 Å². The van der Waals surface area contributed by atoms with Crippen molar-refractivity contribution in [2.24, 2.45) is 5.41 Å². The molecule has 0 aliphatic rings. The first-order valence-electron chi connectivity index (χ1n) is 9.67. The lowest BCUT2D eigenvalue weighted by Crippen LogP contribution is -2.38. The number of carbonyl (C=O) groups excluding carboxylic acids is 1. The number of aromatic nitrogens is 1. The molecule has 164 valence electrons. The van der Waals surface area contributed by atoms with Crippen molar-refractivity contribution in [2.75, 3.05) is 4.72 Å². The molecular weight excluding hydrogens is 434 g/mol. The first-order valence-corrected chi connectivity index (χ1v) is 12.0. The molecule has 0 aliphatic carbocycles. The van der Waals surface area contributed by atoms with Gasteiger partial charge < -0.3 is 5.32 Å². The van der Waals surface area contributed by atoms with Gasteiger partial charge in [-0.1, -0.05) is 63.2 Å². The van der Waals surface area contributed by atoms with Crippen molar-refractivity contribution in [1.29, 1.82) is 0 Å². The molecule has 9 heteroatoms. The fourth-order valence-corrected chi connectivity index (χ4v) is 4.17. The second-order valence-electron chi connectivity index (χ2n) is 8.19. The summed E-state index contributed by atoms with van der Waals surface area (Å²) in [5, 5.41) is 5.86. The normalized spacial score (nSPS) is 12.9. The van der Waals surface area contributed by atoms with Gasteiger partial charge in [0.2, 0.25) is 5.91 Å². The molecule has 0 bridgehead atoms. The number of hydrogen-bond donors (Lipinski definition) is 3. The van der Waals surface area contributed by atoms with Gasteiger partial charge in [-0.05, 0) is 24.1 Å². The highest BCUT2D eigenvalue weighted by atomic mass is 32.2. The lowest BCUT2D eigenvalue weighted by atomic mass is 9.94. The fraction of sp³-hybridized carbons (Fsp3) is 0.273. The summed E-state index contributed by atoms with van der Waals surface area (Å²) >= 11 is 1.48. The van der Waals surface area contributed by atoms with Crippen molar-refractivity contribution in [3.63, 3.8) is 0 Å². The van der Waals surface area contributed by atoms with Crippen LogP contribution in [0, 0.1) is 5.41 Å². The average molecular weight is 460 g/mol. The Morgan fingerprint density at radius 1 is 1.10 bits per heavy atom. The number of nitrogens with one attached hydrogen (secondary N) is 2. The summed E-state index contributed by atoms with van der Waals surface area (Å²) in [6.45, 7) is 5.56. The molecule has 0 unspecified atom stereocenters. The number of amides is 1. The molecule has 1 atom stereocenters. The molecule has 0 spiro atoms. The number of carbonyl (C=O) groups is 1. The largest absolute Gasteiger partial charge is 0.357 e. The number of anilines is 1. The topological polar surface area (TPSA) is 108 Å². The van der Waals surface area contributed by atoms with Gasteiger partial charge in [-0.3, -0.25) is 14.1 Å². The number of nitrogens with zero attached hydrogens (tertiary/aromatic N) is 1. The Bertz CT molecular complexity index is 1140. The molecule has 3 rings (SSSR count). The maximum Gasteiger partial charge on any atom is 0.357 e. The standard InChI is InChI=1S/C22H25N3O4S2/c1-22(2,3)21(26)24-18(13-15-9-11-17(12-10-15)25-31(27,28)29)20-23-19(14-30-20)16-7-5-4-6-8-16/h4-12,14,18,25H,13H2,1-3H3,(H,24,26)(H,27,28,29)/t18-/m0/s1. The molecule has 3 aromatic rings. The Labute approximate surface area is 186 Å². The minimum Gasteiger partial charge on any atom is -0.346 e. The van der Waals surface area contributed by atoms with Crippen LogP contribution in [0.3, 0.4) is 0 Å². The van der Waals surface area contributed by atoms with E-state index in [4.69, 9.17) is 9.54 Å². The van der Waals surface area contributed by atoms with Gasteiger partial charge in [0.15, 0.2) is 0 Å². The van der Waals surface area contributed by atoms with E-state index in [-0.39, 0.29) is 17.6 Å². The van der Waals surface area contributed by atoms with Crippen molar-refractivity contribution < 1.29 is 17.8 Å². The molecule has 1 aromatic heterocycles. The molecule has 0 saturated heterocycles. The van der Waals surface area contributed by atoms with Crippen LogP contribution in [0.4, 0.5) is 5.69 Å². The highest BCUT2D eigenvalue weighted by Gasteiger charge is 2.26. The average Bonchev–Trinajstić information content (AvgIpc) is 3.18. The van der Waals surface area contributed by atoms with E-state index in [0.717, 1.165) is 21.8 Å². The van der Waals surface area contributed by atoms with E-state index in [0.29, 0.717) is 6.42 Å². The zero-order chi connectivity index (χ0) is 22.6. The van der Waals surface area contributed by atoms with Crippen LogP contribution in [-0.2, 0) is 21.5 Å². The first kappa shape index (κ1) is 22.9. The SMILES string of the molecule is CC(C)(C)C(=O)N[C@@H](Cc1ccc(NS(=O)(=O)O)cc1)c1nc(-c2ccccc2)cs1. The van der Waals surface area contributed by atoms with Gasteiger partial charge in [0.05, 0.1) is 17.4 Å². The van der Waals surface area contributed by atoms with Crippen LogP contribution < -0.4 is 10.0 Å². The Balaban J connectivity index is 1.85. The van der Waals surface area contributed by atoms with E-state index in [1.54, 1.807) is 24.3 Å². The van der Waals surface area contributed by atoms with Crippen molar-refractivity contribution in [3.8, 4) is 11.3 Å². The van der Waals surface area contributed by atoms with Gasteiger partial charge in [0.25, 0.3) is 0 Å². The molecule has 7 nitrogen and oxygen atoms in total. The number of rotatable bonds is 7. The van der Waals surface area contributed by atoms with Crippen LogP contribution in [0.1, 0.15) is 37.4 Å². The molecule has 1 amide bonds. The lowest BCUT2D eigenvalue weighted by Gasteiger charge is -2.23. The summed E-state index contributed by atoms with van der Waals surface area (Å²) in [6, 6.07) is 16.1. The van der Waals surface area contributed by atoms with Crippen LogP contribution in [0.2, 0.25) is 0 Å². The van der Waals surface area contributed by atoms with Crippen molar-refractivity contribution in [2.45, 2.75) is 33.2 Å². The fourth-order valence-electron chi connectivity index (χ4n) is 2.86. The minimum atomic E-state index is -4.33. The Kier molecular flexibility index (Phi) is 6.78. The lowest BCUT2D eigenvalue weighted by molar-refractivity contribution is -0.129. The number of thiazole rings is 1. The third-order valence-electron chi connectivity index (χ3n) is 4.52. The molecule has 0 saturated carbocycles. The number of hydrogen-bond acceptors (Lipinski definition) is 5. The van der Waals surface area contributed by atoms with E-state index in [1.807, 2.05) is 61.2 Å². The van der Waals surface area contributed by atoms with E-state index >= 15 is 0 Å². The summed E-state index contributed by atoms with van der Waals surface area (Å²) < 4.78 is 32.9. The molecule has 1 heterocycles. The summed E-state index contributed by atoms with van der Waals surface area (Å²) in [5.41, 5.74) is 2.44. The van der Waals surface area contributed by atoms with Gasteiger partial charge in [0, 0.05) is 16.4 Å². The molecule has 0 radical (unpaired) electrons. The van der Waals surface area contributed by atoms with Gasteiger partial charge >= 0.3 is 10.3 Å². The maximum atomic E-state index is 12.7. The molecule has 0 fully saturated rings. The second-order valence-corrected chi connectivity index (χ2v) is 10.2. The predicted molar refractivity (Wildman–Crippen MR) is 123 cm³/mol. The molecule has 31 heavy (non-hydrogen) atoms. The van der Waals surface area contributed by atoms with Gasteiger partial charge in [-0.2, -0.15) is 8.42 Å². The Morgan fingerprint density at radius 2 is 1.74 bits per heavy atom. The van der Waals surface area contributed by atoms with Gasteiger partial charge in [-0.25, -0.2) is 4.98 Å². The quantitative estimate of drug-likeness (QED) is 0.452. The maximum absolute atomic E-state index is 12.7. The smallest absolute Gasteiger partial charge is 0.346 e. The van der Waals surface area contributed by atoms with Crippen LogP contribution in [0.15, 0.2) is 60.0 Å². The molecule has 3 N–H and O–H groups in total. The van der Waals surface area contributed by atoms with Crippen LogP contribution in [0.25, 0.3) is 11.3 Å². The summed E-state index contributed by atoms with van der Waals surface area (Å²) in [7, 11) is -4.33. The van der Waals surface area contributed by atoms with Gasteiger partial charge in [-0.15, -0.1) is 11.3 Å². The second kappa shape index (κ2) is 9.17. The third kappa shape index (κ3) is 6.61. The van der Waals surface area contributed by atoms with Crippen LogP contribution in [-0.4, -0.2) is 23.9 Å². The van der Waals surface area contributed by atoms with E-state index in [1.165, 1.54) is 11.3 Å². The molecular formula is C22H25N3O4S2. The zero-order valence-corrected chi connectivity index (χ0v) is 19.1. The van der Waals surface area contributed by atoms with Crippen molar-refractivity contribution >= 4 is 33.2 Å². The van der Waals surface area contributed by atoms with Crippen molar-refractivity contribution in [3.05, 3.63) is 70.5 Å². The minimum absolute atomic E-state index is 0.0846. The third-order valence-corrected chi connectivity index (χ3v) is 5.97. The van der Waals surface area contributed by atoms with Gasteiger partial charge in [0.1, 0.15) is 5.01 Å². The first-order chi connectivity index (χ1) is 14.5. The zero-order valence-electron chi connectivity index (χ0n) is 17.5. The highest BCUT2D eigenvalue weighted by Crippen LogP contribution is 2.29. The van der Waals surface area contributed by atoms with Crippen LogP contribution >= 0.6 is 11.3 Å².